The summed E-state index contributed by atoms with van der Waals surface area (Å²) in [4.78, 5) is 17.6. The fourth-order valence-electron chi connectivity index (χ4n) is 11.4. The molecule has 2 saturated heterocycles. The average Bonchev–Trinajstić information content (AvgIpc) is 4.16. The number of unbranched alkanes of at least 4 members (excludes halogenated alkanes) is 2. The largest absolute Gasteiger partial charge is 0.495 e. The summed E-state index contributed by atoms with van der Waals surface area (Å²) in [5, 5.41) is 3.98. The lowest BCUT2D eigenvalue weighted by Gasteiger charge is -2.32. The quantitative estimate of drug-likeness (QED) is 0.0426. The Kier molecular flexibility index (Phi) is 21.0. The molecule has 0 radical (unpaired) electrons. The summed E-state index contributed by atoms with van der Waals surface area (Å²) in [6.45, 7) is 7.19. The highest BCUT2D eigenvalue weighted by Crippen LogP contribution is 2.41. The molecule has 0 unspecified atom stereocenters. The molecule has 6 aromatic carbocycles. The fourth-order valence-corrected chi connectivity index (χ4v) is 11.4. The van der Waals surface area contributed by atoms with E-state index in [1.807, 2.05) is 70.5 Å². The molecular formula is C66H82N8O5. The molecule has 2 fully saturated rings. The van der Waals surface area contributed by atoms with Crippen molar-refractivity contribution >= 4 is 56.6 Å². The molecule has 10 rings (SSSR count). The molecule has 2 aromatic heterocycles. The molecule has 0 spiro atoms. The highest BCUT2D eigenvalue weighted by atomic mass is 16.5. The summed E-state index contributed by atoms with van der Waals surface area (Å²) in [7, 11) is 6.74. The van der Waals surface area contributed by atoms with Crippen molar-refractivity contribution in [2.75, 3.05) is 77.4 Å². The molecule has 4 heterocycles. The number of aliphatic imine (C=N–C) groups is 2. The minimum atomic E-state index is 0. The van der Waals surface area contributed by atoms with Gasteiger partial charge in [-0.2, -0.15) is 0 Å². The number of piperidine rings is 2. The second-order valence-electron chi connectivity index (χ2n) is 21.0. The molecule has 6 N–H and O–H groups in total. The Hall–Kier alpha value is -7.58. The SMILES string of the molecule is CN=C(N)N(c1cc(CCCCN2CCC(Cc3ccccc3)CC2)ccc1OC)c1occ2ccccc12.CN=C(N)N(c1cc(CCCCN2CCC(Cc3ccccc3)CC2)ccc1OC)c1occ2ccccc12.O. The van der Waals surface area contributed by atoms with Crippen LogP contribution in [0.5, 0.6) is 11.5 Å². The van der Waals surface area contributed by atoms with Crippen molar-refractivity contribution in [2.24, 2.45) is 33.3 Å². The Morgan fingerprint density at radius 2 is 0.886 bits per heavy atom. The van der Waals surface area contributed by atoms with E-state index in [-0.39, 0.29) is 5.48 Å². The number of nitrogens with zero attached hydrogens (tertiary/aromatic N) is 6. The van der Waals surface area contributed by atoms with E-state index in [1.54, 1.807) is 40.8 Å². The minimum absolute atomic E-state index is 0. The van der Waals surface area contributed by atoms with Crippen LogP contribution in [0.15, 0.2) is 177 Å². The lowest BCUT2D eigenvalue weighted by molar-refractivity contribution is 0.181. The second-order valence-corrected chi connectivity index (χ2v) is 21.0. The van der Waals surface area contributed by atoms with Crippen LogP contribution < -0.4 is 30.7 Å². The van der Waals surface area contributed by atoms with E-state index in [0.29, 0.717) is 23.7 Å². The number of likely N-dealkylation sites (tertiary alicyclic amines) is 2. The highest BCUT2D eigenvalue weighted by molar-refractivity contribution is 6.09. The molecule has 79 heavy (non-hydrogen) atoms. The third-order valence-corrected chi connectivity index (χ3v) is 15.8. The molecule has 0 bridgehead atoms. The van der Waals surface area contributed by atoms with Gasteiger partial charge < -0.3 is 45.1 Å². The molecule has 13 heteroatoms. The van der Waals surface area contributed by atoms with Crippen LogP contribution in [0.25, 0.3) is 21.5 Å². The van der Waals surface area contributed by atoms with Gasteiger partial charge in [0.25, 0.3) is 0 Å². The number of ether oxygens (including phenoxy) is 2. The first-order chi connectivity index (χ1) is 38.3. The Labute approximate surface area is 467 Å². The van der Waals surface area contributed by atoms with Crippen molar-refractivity contribution in [1.82, 2.24) is 9.80 Å². The van der Waals surface area contributed by atoms with Crippen LogP contribution in [0.2, 0.25) is 0 Å². The van der Waals surface area contributed by atoms with Gasteiger partial charge in [0.05, 0.1) is 25.6 Å². The number of rotatable bonds is 20. The summed E-state index contributed by atoms with van der Waals surface area (Å²) in [5.41, 5.74) is 19.9. The Balaban J connectivity index is 0.000000205. The van der Waals surface area contributed by atoms with Crippen LogP contribution >= 0.6 is 0 Å². The van der Waals surface area contributed by atoms with Crippen molar-refractivity contribution in [2.45, 2.75) is 77.0 Å². The van der Waals surface area contributed by atoms with Crippen molar-refractivity contribution in [3.8, 4) is 11.5 Å². The smallest absolute Gasteiger partial charge is 0.214 e. The van der Waals surface area contributed by atoms with Crippen molar-refractivity contribution in [3.63, 3.8) is 0 Å². The predicted molar refractivity (Wildman–Crippen MR) is 326 cm³/mol. The number of fused-ring (bicyclic) bond motifs is 2. The summed E-state index contributed by atoms with van der Waals surface area (Å²) in [6, 6.07) is 50.6. The number of anilines is 4. The summed E-state index contributed by atoms with van der Waals surface area (Å²) < 4.78 is 23.5. The van der Waals surface area contributed by atoms with Gasteiger partial charge in [-0.3, -0.25) is 9.98 Å². The molecule has 13 nitrogen and oxygen atoms in total. The maximum Gasteiger partial charge on any atom is 0.214 e. The number of aryl methyl sites for hydroxylation is 2. The second kappa shape index (κ2) is 28.9. The third-order valence-electron chi connectivity index (χ3n) is 15.8. The van der Waals surface area contributed by atoms with Gasteiger partial charge in [0.1, 0.15) is 24.0 Å². The summed E-state index contributed by atoms with van der Waals surface area (Å²) in [5.74, 6) is 5.06. The van der Waals surface area contributed by atoms with Gasteiger partial charge in [-0.05, 0) is 187 Å². The van der Waals surface area contributed by atoms with Crippen LogP contribution in [0, 0.1) is 11.8 Å². The Morgan fingerprint density at radius 1 is 0.506 bits per heavy atom. The zero-order chi connectivity index (χ0) is 54.1. The van der Waals surface area contributed by atoms with Crippen molar-refractivity contribution in [3.05, 3.63) is 180 Å². The summed E-state index contributed by atoms with van der Waals surface area (Å²) >= 11 is 0. The van der Waals surface area contributed by atoms with Gasteiger partial charge in [0.2, 0.25) is 23.7 Å². The van der Waals surface area contributed by atoms with Crippen LogP contribution in [0.4, 0.5) is 23.1 Å². The van der Waals surface area contributed by atoms with E-state index < -0.39 is 0 Å². The highest BCUT2D eigenvalue weighted by Gasteiger charge is 2.26. The number of hydrogen-bond donors (Lipinski definition) is 2. The van der Waals surface area contributed by atoms with Crippen molar-refractivity contribution in [1.29, 1.82) is 0 Å². The topological polar surface area (TPSA) is 166 Å². The first kappa shape index (κ1) is 57.6. The maximum atomic E-state index is 6.42. The Bertz CT molecular complexity index is 2960. The first-order valence-electron chi connectivity index (χ1n) is 28.2. The molecule has 8 aromatic rings. The molecule has 0 atom stereocenters. The minimum Gasteiger partial charge on any atom is -0.495 e. The van der Waals surface area contributed by atoms with E-state index >= 15 is 0 Å². The zero-order valence-electron chi connectivity index (χ0n) is 46.9. The van der Waals surface area contributed by atoms with E-state index in [2.05, 4.69) is 105 Å². The Morgan fingerprint density at radius 3 is 1.27 bits per heavy atom. The van der Waals surface area contributed by atoms with Crippen LogP contribution in [0.1, 0.15) is 73.6 Å². The van der Waals surface area contributed by atoms with Gasteiger partial charge >= 0.3 is 0 Å². The van der Waals surface area contributed by atoms with E-state index in [1.165, 1.54) is 113 Å². The van der Waals surface area contributed by atoms with Gasteiger partial charge in [0.15, 0.2) is 0 Å². The monoisotopic (exact) mass is 1070 g/mol. The summed E-state index contributed by atoms with van der Waals surface area (Å²) in [6.07, 6.45) is 17.8. The molecular weight excluding hydrogens is 985 g/mol. The number of nitrogens with two attached hydrogens (primary N) is 2. The third kappa shape index (κ3) is 15.0. The van der Waals surface area contributed by atoms with E-state index in [9.17, 15) is 0 Å². The average molecular weight is 1070 g/mol. The number of methoxy groups -OCH3 is 2. The van der Waals surface area contributed by atoms with E-state index in [4.69, 9.17) is 29.8 Å². The molecule has 0 saturated carbocycles. The number of furan rings is 2. The van der Waals surface area contributed by atoms with Gasteiger partial charge in [-0.1, -0.05) is 109 Å². The molecule has 0 aliphatic carbocycles. The van der Waals surface area contributed by atoms with Crippen LogP contribution in [0.3, 0.4) is 0 Å². The van der Waals surface area contributed by atoms with Crippen molar-refractivity contribution < 1.29 is 23.8 Å². The number of hydrogen-bond acceptors (Lipinski definition) is 8. The van der Waals surface area contributed by atoms with Gasteiger partial charge in [-0.25, -0.2) is 9.80 Å². The lowest BCUT2D eigenvalue weighted by atomic mass is 9.90. The molecule has 0 amide bonds. The standard InChI is InChI=1S/2C33H40N4O2.H2O/c2*1-35-33(34)37(32-29-14-7-6-13-28(29)24-39-32)30-23-26(15-16-31(30)38-2)12-8-9-19-36-20-17-27(18-21-36)22-25-10-4-3-5-11-25;/h2*3-7,10-11,13-16,23-24,27H,8-9,12,17-22H2,1-2H3,(H2,34,35);1H2. The van der Waals surface area contributed by atoms with Gasteiger partial charge in [-0.15, -0.1) is 0 Å². The maximum absolute atomic E-state index is 6.42. The lowest BCUT2D eigenvalue weighted by Crippen LogP contribution is -2.35. The first-order valence-corrected chi connectivity index (χ1v) is 28.2. The normalized spacial score (nSPS) is 14.9. The molecule has 2 aliphatic rings. The van der Waals surface area contributed by atoms with E-state index in [0.717, 1.165) is 81.9 Å². The zero-order valence-corrected chi connectivity index (χ0v) is 46.9. The van der Waals surface area contributed by atoms with Gasteiger partial charge in [0, 0.05) is 35.6 Å². The number of guanidine groups is 2. The fraction of sp³-hybridized carbons (Fsp3) is 0.364. The molecule has 416 valence electrons. The molecule has 2 aliphatic heterocycles. The number of benzene rings is 6. The van der Waals surface area contributed by atoms with Crippen LogP contribution in [-0.2, 0) is 25.7 Å². The predicted octanol–water partition coefficient (Wildman–Crippen LogP) is 12.8. The van der Waals surface area contributed by atoms with Crippen LogP contribution in [-0.4, -0.2) is 94.8 Å².